The summed E-state index contributed by atoms with van der Waals surface area (Å²) in [5.74, 6) is 0.953. The lowest BCUT2D eigenvalue weighted by atomic mass is 10.2. The quantitative estimate of drug-likeness (QED) is 0.648. The Bertz CT molecular complexity index is 498. The molecule has 0 saturated carbocycles. The van der Waals surface area contributed by atoms with E-state index in [-0.39, 0.29) is 10.8 Å². The van der Waals surface area contributed by atoms with Gasteiger partial charge in [0.25, 0.3) is 0 Å². The van der Waals surface area contributed by atoms with E-state index in [2.05, 4.69) is 17.0 Å². The van der Waals surface area contributed by atoms with Gasteiger partial charge in [-0.3, -0.25) is 0 Å². The molecule has 0 spiro atoms. The first-order chi connectivity index (χ1) is 9.95. The van der Waals surface area contributed by atoms with Crippen molar-refractivity contribution >= 4 is 10.0 Å². The van der Waals surface area contributed by atoms with Gasteiger partial charge in [-0.2, -0.15) is 0 Å². The van der Waals surface area contributed by atoms with E-state index in [1.807, 2.05) is 13.8 Å². The molecule has 0 fully saturated rings. The van der Waals surface area contributed by atoms with Gasteiger partial charge in [-0.15, -0.1) is 0 Å². The zero-order valence-electron chi connectivity index (χ0n) is 13.1. The SMILES string of the molecule is CCCNCCOc1ccc(S(=O)(=O)NCC(C)C)cc1. The van der Waals surface area contributed by atoms with Crippen LogP contribution in [0.15, 0.2) is 29.2 Å². The van der Waals surface area contributed by atoms with Crippen LogP contribution in [0.4, 0.5) is 0 Å². The molecular formula is C15H26N2O3S. The van der Waals surface area contributed by atoms with E-state index in [1.165, 1.54) is 0 Å². The molecule has 0 aliphatic heterocycles. The van der Waals surface area contributed by atoms with Crippen molar-refractivity contribution < 1.29 is 13.2 Å². The van der Waals surface area contributed by atoms with Gasteiger partial charge < -0.3 is 10.1 Å². The van der Waals surface area contributed by atoms with Crippen LogP contribution in [0.1, 0.15) is 27.2 Å². The average Bonchev–Trinajstić information content (AvgIpc) is 2.46. The minimum absolute atomic E-state index is 0.264. The van der Waals surface area contributed by atoms with Crippen molar-refractivity contribution in [2.24, 2.45) is 5.92 Å². The highest BCUT2D eigenvalue weighted by Gasteiger charge is 2.13. The summed E-state index contributed by atoms with van der Waals surface area (Å²) in [6, 6.07) is 6.50. The highest BCUT2D eigenvalue weighted by molar-refractivity contribution is 7.89. The lowest BCUT2D eigenvalue weighted by Crippen LogP contribution is -2.27. The summed E-state index contributed by atoms with van der Waals surface area (Å²) in [6.45, 7) is 8.80. The van der Waals surface area contributed by atoms with Crippen molar-refractivity contribution in [3.05, 3.63) is 24.3 Å². The molecule has 120 valence electrons. The molecule has 0 bridgehead atoms. The molecule has 21 heavy (non-hydrogen) atoms. The molecule has 0 heterocycles. The Hall–Kier alpha value is -1.11. The van der Waals surface area contributed by atoms with Gasteiger partial charge in [0.2, 0.25) is 10.0 Å². The van der Waals surface area contributed by atoms with Crippen LogP contribution in [0, 0.1) is 5.92 Å². The molecule has 6 heteroatoms. The smallest absolute Gasteiger partial charge is 0.240 e. The predicted molar refractivity (Wildman–Crippen MR) is 85.1 cm³/mol. The Balaban J connectivity index is 2.49. The number of rotatable bonds is 10. The molecule has 0 radical (unpaired) electrons. The van der Waals surface area contributed by atoms with E-state index in [4.69, 9.17) is 4.74 Å². The second-order valence-electron chi connectivity index (χ2n) is 5.32. The van der Waals surface area contributed by atoms with Crippen LogP contribution < -0.4 is 14.8 Å². The third-order valence-corrected chi connectivity index (χ3v) is 4.23. The minimum atomic E-state index is -3.42. The number of sulfonamides is 1. The highest BCUT2D eigenvalue weighted by Crippen LogP contribution is 2.15. The fourth-order valence-corrected chi connectivity index (χ4v) is 2.83. The van der Waals surface area contributed by atoms with Crippen LogP contribution in [-0.4, -0.2) is 34.7 Å². The van der Waals surface area contributed by atoms with E-state index in [9.17, 15) is 8.42 Å². The minimum Gasteiger partial charge on any atom is -0.492 e. The largest absolute Gasteiger partial charge is 0.492 e. The third kappa shape index (κ3) is 6.93. The summed E-state index contributed by atoms with van der Waals surface area (Å²) in [5, 5.41) is 3.24. The van der Waals surface area contributed by atoms with E-state index in [0.717, 1.165) is 19.5 Å². The van der Waals surface area contributed by atoms with Crippen LogP contribution >= 0.6 is 0 Å². The standard InChI is InChI=1S/C15H26N2O3S/c1-4-9-16-10-11-20-14-5-7-15(8-6-14)21(18,19)17-12-13(2)3/h5-8,13,16-17H,4,9-12H2,1-3H3. The van der Waals surface area contributed by atoms with Crippen molar-refractivity contribution in [1.29, 1.82) is 0 Å². The predicted octanol–water partition coefficient (Wildman–Crippen LogP) is 2.00. The van der Waals surface area contributed by atoms with Crippen LogP contribution in [-0.2, 0) is 10.0 Å². The normalized spacial score (nSPS) is 11.8. The Morgan fingerprint density at radius 3 is 2.38 bits per heavy atom. The number of nitrogens with one attached hydrogen (secondary N) is 2. The Morgan fingerprint density at radius 1 is 1.14 bits per heavy atom. The molecule has 0 saturated heterocycles. The summed E-state index contributed by atoms with van der Waals surface area (Å²) >= 11 is 0. The zero-order valence-corrected chi connectivity index (χ0v) is 13.9. The second kappa shape index (κ2) is 9.02. The van der Waals surface area contributed by atoms with Gasteiger partial charge in [0, 0.05) is 13.1 Å². The highest BCUT2D eigenvalue weighted by atomic mass is 32.2. The molecule has 5 nitrogen and oxygen atoms in total. The molecular weight excluding hydrogens is 288 g/mol. The molecule has 1 aromatic rings. The monoisotopic (exact) mass is 314 g/mol. The van der Waals surface area contributed by atoms with Crippen molar-refractivity contribution in [3.63, 3.8) is 0 Å². The van der Waals surface area contributed by atoms with Crippen molar-refractivity contribution in [3.8, 4) is 5.75 Å². The molecule has 0 amide bonds. The molecule has 1 aromatic carbocycles. The van der Waals surface area contributed by atoms with E-state index in [0.29, 0.717) is 18.9 Å². The van der Waals surface area contributed by atoms with E-state index < -0.39 is 10.0 Å². The van der Waals surface area contributed by atoms with Gasteiger partial charge in [-0.25, -0.2) is 13.1 Å². The van der Waals surface area contributed by atoms with Crippen molar-refractivity contribution in [2.45, 2.75) is 32.1 Å². The Morgan fingerprint density at radius 2 is 1.81 bits per heavy atom. The van der Waals surface area contributed by atoms with Gasteiger partial charge in [0.1, 0.15) is 12.4 Å². The number of benzene rings is 1. The molecule has 0 atom stereocenters. The summed E-state index contributed by atoms with van der Waals surface area (Å²) in [7, 11) is -3.42. The maximum atomic E-state index is 12.0. The maximum absolute atomic E-state index is 12.0. The lowest BCUT2D eigenvalue weighted by Gasteiger charge is -2.10. The summed E-state index contributed by atoms with van der Waals surface area (Å²) in [6.07, 6.45) is 1.09. The van der Waals surface area contributed by atoms with Gasteiger partial charge in [-0.05, 0) is 43.1 Å². The van der Waals surface area contributed by atoms with Gasteiger partial charge >= 0.3 is 0 Å². The average molecular weight is 314 g/mol. The summed E-state index contributed by atoms with van der Waals surface area (Å²) in [5.41, 5.74) is 0. The van der Waals surface area contributed by atoms with Crippen LogP contribution in [0.2, 0.25) is 0 Å². The van der Waals surface area contributed by atoms with Gasteiger partial charge in [0.05, 0.1) is 4.90 Å². The van der Waals surface area contributed by atoms with Gasteiger partial charge in [0.15, 0.2) is 0 Å². The maximum Gasteiger partial charge on any atom is 0.240 e. The fourth-order valence-electron chi connectivity index (χ4n) is 1.62. The summed E-state index contributed by atoms with van der Waals surface area (Å²) in [4.78, 5) is 0.264. The summed E-state index contributed by atoms with van der Waals surface area (Å²) < 4.78 is 32.2. The first kappa shape index (κ1) is 17.9. The topological polar surface area (TPSA) is 67.4 Å². The Kier molecular flexibility index (Phi) is 7.71. The van der Waals surface area contributed by atoms with E-state index in [1.54, 1.807) is 24.3 Å². The second-order valence-corrected chi connectivity index (χ2v) is 7.08. The first-order valence-electron chi connectivity index (χ1n) is 7.39. The molecule has 0 aromatic heterocycles. The molecule has 2 N–H and O–H groups in total. The number of hydrogen-bond acceptors (Lipinski definition) is 4. The first-order valence-corrected chi connectivity index (χ1v) is 8.87. The third-order valence-electron chi connectivity index (χ3n) is 2.79. The zero-order chi connectivity index (χ0) is 15.7. The van der Waals surface area contributed by atoms with Crippen molar-refractivity contribution in [1.82, 2.24) is 10.0 Å². The number of ether oxygens (including phenoxy) is 1. The molecule has 0 aliphatic carbocycles. The number of hydrogen-bond donors (Lipinski definition) is 2. The molecule has 0 aliphatic rings. The van der Waals surface area contributed by atoms with E-state index >= 15 is 0 Å². The van der Waals surface area contributed by atoms with Crippen LogP contribution in [0.3, 0.4) is 0 Å². The molecule has 1 rings (SSSR count). The lowest BCUT2D eigenvalue weighted by molar-refractivity contribution is 0.314. The van der Waals surface area contributed by atoms with Crippen LogP contribution in [0.5, 0.6) is 5.75 Å². The van der Waals surface area contributed by atoms with Gasteiger partial charge in [-0.1, -0.05) is 20.8 Å². The van der Waals surface area contributed by atoms with Crippen molar-refractivity contribution in [2.75, 3.05) is 26.2 Å². The molecule has 0 unspecified atom stereocenters. The fraction of sp³-hybridized carbons (Fsp3) is 0.600. The van der Waals surface area contributed by atoms with Crippen LogP contribution in [0.25, 0.3) is 0 Å². The Labute approximate surface area is 128 Å².